The Balaban J connectivity index is 1.91. The van der Waals surface area contributed by atoms with Crippen molar-refractivity contribution in [1.82, 2.24) is 5.32 Å². The van der Waals surface area contributed by atoms with Crippen molar-refractivity contribution < 1.29 is 14.6 Å². The molecule has 1 amide bonds. The molecule has 2 rings (SSSR count). The lowest BCUT2D eigenvalue weighted by atomic mass is 10.2. The molecule has 0 spiro atoms. The first-order valence-corrected chi connectivity index (χ1v) is 6.91. The summed E-state index contributed by atoms with van der Waals surface area (Å²) in [5, 5.41) is 12.8. The molecule has 0 aromatic heterocycles. The van der Waals surface area contributed by atoms with Crippen molar-refractivity contribution in [3.63, 3.8) is 0 Å². The van der Waals surface area contributed by atoms with Crippen molar-refractivity contribution in [3.05, 3.63) is 59.1 Å². The number of hydrogen-bond donors (Lipinski definition) is 2. The first-order valence-electron chi connectivity index (χ1n) is 6.53. The normalized spacial score (nSPS) is 11.7. The molecule has 0 saturated heterocycles. The molecule has 0 aliphatic rings. The summed E-state index contributed by atoms with van der Waals surface area (Å²) in [4.78, 5) is 12.0. The maximum Gasteiger partial charge on any atom is 0.261 e. The minimum absolute atomic E-state index is 0.150. The molecule has 21 heavy (non-hydrogen) atoms. The summed E-state index contributed by atoms with van der Waals surface area (Å²) in [7, 11) is 0. The molecule has 110 valence electrons. The fourth-order valence-electron chi connectivity index (χ4n) is 1.77. The minimum Gasteiger partial charge on any atom is -0.508 e. The molecule has 0 radical (unpaired) electrons. The van der Waals surface area contributed by atoms with Crippen LogP contribution in [0.25, 0.3) is 0 Å². The number of hydrogen-bond acceptors (Lipinski definition) is 3. The summed E-state index contributed by atoms with van der Waals surface area (Å²) in [6, 6.07) is 13.8. The number of para-hydroxylation sites is 2. The van der Waals surface area contributed by atoms with Crippen LogP contribution in [-0.4, -0.2) is 17.1 Å². The highest BCUT2D eigenvalue weighted by atomic mass is 35.5. The molecule has 0 saturated carbocycles. The Hall–Kier alpha value is -2.20. The summed E-state index contributed by atoms with van der Waals surface area (Å²) in [5.74, 6) is 0.333. The van der Waals surface area contributed by atoms with E-state index in [1.165, 1.54) is 0 Å². The highest BCUT2D eigenvalue weighted by Crippen LogP contribution is 2.24. The average Bonchev–Trinajstić information content (AvgIpc) is 2.48. The number of carbonyl (C=O) groups is 1. The Kier molecular flexibility index (Phi) is 5.06. The van der Waals surface area contributed by atoms with Crippen LogP contribution in [-0.2, 0) is 11.3 Å². The zero-order chi connectivity index (χ0) is 15.2. The number of ether oxygens (including phenoxy) is 1. The fraction of sp³-hybridized carbons (Fsp3) is 0.188. The van der Waals surface area contributed by atoms with Crippen LogP contribution < -0.4 is 10.1 Å². The van der Waals surface area contributed by atoms with Crippen LogP contribution in [0.3, 0.4) is 0 Å². The Bertz CT molecular complexity index is 630. The molecule has 1 atom stereocenters. The van der Waals surface area contributed by atoms with Gasteiger partial charge in [0.25, 0.3) is 5.91 Å². The number of benzene rings is 2. The summed E-state index contributed by atoms with van der Waals surface area (Å²) >= 11 is 5.98. The Morgan fingerprint density at radius 2 is 1.90 bits per heavy atom. The summed E-state index contributed by atoms with van der Waals surface area (Å²) in [6.07, 6.45) is -0.684. The number of carbonyl (C=O) groups excluding carboxylic acids is 1. The summed E-state index contributed by atoms with van der Waals surface area (Å²) < 4.78 is 5.52. The van der Waals surface area contributed by atoms with E-state index >= 15 is 0 Å². The quantitative estimate of drug-likeness (QED) is 0.892. The van der Waals surface area contributed by atoms with Gasteiger partial charge in [-0.3, -0.25) is 4.79 Å². The second-order valence-corrected chi connectivity index (χ2v) is 4.94. The molecule has 0 aliphatic heterocycles. The lowest BCUT2D eigenvalue weighted by Gasteiger charge is -2.15. The minimum atomic E-state index is -0.684. The molecule has 5 heteroatoms. The van der Waals surface area contributed by atoms with Gasteiger partial charge in [0.2, 0.25) is 0 Å². The van der Waals surface area contributed by atoms with Crippen molar-refractivity contribution >= 4 is 17.5 Å². The third-order valence-electron chi connectivity index (χ3n) is 2.95. The van der Waals surface area contributed by atoms with E-state index in [-0.39, 0.29) is 18.2 Å². The standard InChI is InChI=1S/C16H16ClNO3/c1-11(21-15-9-5-3-7-13(15)17)16(20)18-10-12-6-2-4-8-14(12)19/h2-9,11,19H,10H2,1H3,(H,18,20). The Labute approximate surface area is 128 Å². The number of nitrogens with one attached hydrogen (secondary N) is 1. The molecule has 0 bridgehead atoms. The monoisotopic (exact) mass is 305 g/mol. The highest BCUT2D eigenvalue weighted by molar-refractivity contribution is 6.32. The van der Waals surface area contributed by atoms with Crippen LogP contribution in [0.15, 0.2) is 48.5 Å². The van der Waals surface area contributed by atoms with Gasteiger partial charge in [-0.05, 0) is 25.1 Å². The smallest absolute Gasteiger partial charge is 0.261 e. The van der Waals surface area contributed by atoms with Gasteiger partial charge in [-0.2, -0.15) is 0 Å². The van der Waals surface area contributed by atoms with Gasteiger partial charge in [0.05, 0.1) is 5.02 Å². The van der Waals surface area contributed by atoms with Crippen molar-refractivity contribution in [2.45, 2.75) is 19.6 Å². The van der Waals surface area contributed by atoms with Crippen LogP contribution in [0.1, 0.15) is 12.5 Å². The number of rotatable bonds is 5. The van der Waals surface area contributed by atoms with Gasteiger partial charge in [-0.25, -0.2) is 0 Å². The fourth-order valence-corrected chi connectivity index (χ4v) is 1.95. The number of amides is 1. The van der Waals surface area contributed by atoms with Gasteiger partial charge in [-0.1, -0.05) is 41.9 Å². The molecule has 2 aromatic carbocycles. The lowest BCUT2D eigenvalue weighted by Crippen LogP contribution is -2.35. The van der Waals surface area contributed by atoms with Crippen LogP contribution in [0, 0.1) is 0 Å². The maximum atomic E-state index is 12.0. The van der Waals surface area contributed by atoms with E-state index in [1.807, 2.05) is 0 Å². The number of phenolic OH excluding ortho intramolecular Hbond substituents is 1. The highest BCUT2D eigenvalue weighted by Gasteiger charge is 2.16. The molecule has 2 N–H and O–H groups in total. The van der Waals surface area contributed by atoms with E-state index in [1.54, 1.807) is 55.5 Å². The van der Waals surface area contributed by atoms with E-state index in [0.717, 1.165) is 0 Å². The topological polar surface area (TPSA) is 58.6 Å². The van der Waals surface area contributed by atoms with Crippen molar-refractivity contribution in [2.75, 3.05) is 0 Å². The molecular formula is C16H16ClNO3. The largest absolute Gasteiger partial charge is 0.508 e. The van der Waals surface area contributed by atoms with Gasteiger partial charge in [0.1, 0.15) is 11.5 Å². The van der Waals surface area contributed by atoms with Gasteiger partial charge in [0, 0.05) is 12.1 Å². The molecular weight excluding hydrogens is 290 g/mol. The zero-order valence-corrected chi connectivity index (χ0v) is 12.3. The molecule has 0 aliphatic carbocycles. The van der Waals surface area contributed by atoms with E-state index in [4.69, 9.17) is 16.3 Å². The van der Waals surface area contributed by atoms with Crippen LogP contribution in [0.2, 0.25) is 5.02 Å². The first kappa shape index (κ1) is 15.2. The van der Waals surface area contributed by atoms with Gasteiger partial charge in [0.15, 0.2) is 6.10 Å². The number of phenols is 1. The molecule has 4 nitrogen and oxygen atoms in total. The van der Waals surface area contributed by atoms with E-state index in [2.05, 4.69) is 5.32 Å². The third-order valence-corrected chi connectivity index (χ3v) is 3.27. The van der Waals surface area contributed by atoms with Gasteiger partial charge in [-0.15, -0.1) is 0 Å². The number of aromatic hydroxyl groups is 1. The van der Waals surface area contributed by atoms with Crippen LogP contribution in [0.5, 0.6) is 11.5 Å². The second kappa shape index (κ2) is 6.99. The van der Waals surface area contributed by atoms with E-state index in [9.17, 15) is 9.90 Å². The summed E-state index contributed by atoms with van der Waals surface area (Å²) in [5.41, 5.74) is 0.649. The molecule has 2 aromatic rings. The first-order chi connectivity index (χ1) is 10.1. The van der Waals surface area contributed by atoms with E-state index < -0.39 is 6.10 Å². The Morgan fingerprint density at radius 1 is 1.24 bits per heavy atom. The van der Waals surface area contributed by atoms with Gasteiger partial charge >= 0.3 is 0 Å². The molecule has 0 fully saturated rings. The van der Waals surface area contributed by atoms with Crippen molar-refractivity contribution in [1.29, 1.82) is 0 Å². The van der Waals surface area contributed by atoms with E-state index in [0.29, 0.717) is 16.3 Å². The molecule has 0 heterocycles. The second-order valence-electron chi connectivity index (χ2n) is 4.54. The van der Waals surface area contributed by atoms with Crippen LogP contribution >= 0.6 is 11.6 Å². The Morgan fingerprint density at radius 3 is 2.62 bits per heavy atom. The van der Waals surface area contributed by atoms with Crippen molar-refractivity contribution in [3.8, 4) is 11.5 Å². The zero-order valence-electron chi connectivity index (χ0n) is 11.5. The van der Waals surface area contributed by atoms with Crippen molar-refractivity contribution in [2.24, 2.45) is 0 Å². The average molecular weight is 306 g/mol. The predicted octanol–water partition coefficient (Wildman–Crippen LogP) is 3.13. The SMILES string of the molecule is CC(Oc1ccccc1Cl)C(=O)NCc1ccccc1O. The molecule has 1 unspecified atom stereocenters. The predicted molar refractivity (Wildman–Crippen MR) is 81.5 cm³/mol. The third kappa shape index (κ3) is 4.13. The maximum absolute atomic E-state index is 12.0. The number of halogens is 1. The van der Waals surface area contributed by atoms with Gasteiger partial charge < -0.3 is 15.2 Å². The van der Waals surface area contributed by atoms with Crippen LogP contribution in [0.4, 0.5) is 0 Å². The lowest BCUT2D eigenvalue weighted by molar-refractivity contribution is -0.127. The summed E-state index contributed by atoms with van der Waals surface area (Å²) in [6.45, 7) is 1.88.